The molecule has 0 bridgehead atoms. The van der Waals surface area contributed by atoms with Crippen LogP contribution >= 0.6 is 11.6 Å². The number of unbranched alkanes of at least 4 members (excludes halogenated alkanes) is 3. The van der Waals surface area contributed by atoms with Crippen molar-refractivity contribution < 1.29 is 4.79 Å². The van der Waals surface area contributed by atoms with Gasteiger partial charge in [-0.2, -0.15) is 0 Å². The van der Waals surface area contributed by atoms with Gasteiger partial charge in [-0.25, -0.2) is 0 Å². The first-order valence-electron chi connectivity index (χ1n) is 6.31. The number of alkyl halides is 1. The average molecular weight is 248 g/mol. The summed E-state index contributed by atoms with van der Waals surface area (Å²) in [6.07, 6.45) is 6.05. The Hall–Kier alpha value is -0.240. The lowest BCUT2D eigenvalue weighted by atomic mass is 9.94. The zero-order valence-corrected chi connectivity index (χ0v) is 11.9. The van der Waals surface area contributed by atoms with E-state index in [9.17, 15) is 4.79 Å². The molecule has 3 heteroatoms. The first-order chi connectivity index (χ1) is 7.44. The first-order valence-corrected chi connectivity index (χ1v) is 6.84. The monoisotopic (exact) mass is 247 g/mol. The van der Waals surface area contributed by atoms with E-state index >= 15 is 0 Å². The van der Waals surface area contributed by atoms with Gasteiger partial charge in [-0.15, -0.1) is 11.6 Å². The number of rotatable bonds is 8. The van der Waals surface area contributed by atoms with Gasteiger partial charge in [0.15, 0.2) is 0 Å². The van der Waals surface area contributed by atoms with Crippen molar-refractivity contribution in [3.63, 3.8) is 0 Å². The van der Waals surface area contributed by atoms with Crippen molar-refractivity contribution >= 4 is 17.5 Å². The van der Waals surface area contributed by atoms with Gasteiger partial charge in [0, 0.05) is 11.9 Å². The Balaban J connectivity index is 3.78. The maximum Gasteiger partial charge on any atom is 0.227 e. The zero-order chi connectivity index (χ0) is 12.6. The summed E-state index contributed by atoms with van der Waals surface area (Å²) in [7, 11) is 0. The van der Waals surface area contributed by atoms with E-state index < -0.39 is 5.41 Å². The van der Waals surface area contributed by atoms with Gasteiger partial charge in [-0.1, -0.05) is 32.6 Å². The lowest BCUT2D eigenvalue weighted by Crippen LogP contribution is -2.42. The number of hydrogen-bond acceptors (Lipinski definition) is 1. The molecule has 0 spiro atoms. The minimum absolute atomic E-state index is 0.0606. The minimum Gasteiger partial charge on any atom is -0.353 e. The summed E-state index contributed by atoms with van der Waals surface area (Å²) in [6, 6.07) is 0.256. The summed E-state index contributed by atoms with van der Waals surface area (Å²) in [6.45, 7) is 8.01. The van der Waals surface area contributed by atoms with E-state index in [2.05, 4.69) is 19.2 Å². The molecule has 0 radical (unpaired) electrons. The summed E-state index contributed by atoms with van der Waals surface area (Å²) in [4.78, 5) is 11.8. The van der Waals surface area contributed by atoms with E-state index in [4.69, 9.17) is 11.6 Å². The molecule has 0 saturated heterocycles. The Morgan fingerprint density at radius 3 is 2.44 bits per heavy atom. The molecule has 1 N–H and O–H groups in total. The third-order valence-corrected chi connectivity index (χ3v) is 3.49. The van der Waals surface area contributed by atoms with Crippen molar-refractivity contribution in [3.05, 3.63) is 0 Å². The second-order valence-electron chi connectivity index (χ2n) is 5.24. The minimum atomic E-state index is -0.459. The Labute approximate surface area is 105 Å². The van der Waals surface area contributed by atoms with Crippen LogP contribution < -0.4 is 5.32 Å². The molecule has 1 amide bonds. The molecule has 2 nitrogen and oxygen atoms in total. The predicted molar refractivity (Wildman–Crippen MR) is 70.9 cm³/mol. The molecule has 0 aliphatic rings. The Bertz CT molecular complexity index is 204. The molecule has 1 unspecified atom stereocenters. The number of carbonyl (C=O) groups is 1. The van der Waals surface area contributed by atoms with Crippen LogP contribution in [0.1, 0.15) is 59.8 Å². The molecule has 0 saturated carbocycles. The van der Waals surface area contributed by atoms with Crippen LogP contribution in [0.3, 0.4) is 0 Å². The standard InChI is InChI=1S/C13H26ClNO/c1-5-6-7-8-9-11(2)15-12(16)13(3,4)10-14/h11H,5-10H2,1-4H3,(H,15,16). The Morgan fingerprint density at radius 2 is 1.94 bits per heavy atom. The highest BCUT2D eigenvalue weighted by Gasteiger charge is 2.27. The number of hydrogen-bond donors (Lipinski definition) is 1. The second-order valence-corrected chi connectivity index (χ2v) is 5.51. The quantitative estimate of drug-likeness (QED) is 0.514. The van der Waals surface area contributed by atoms with Crippen molar-refractivity contribution in [1.29, 1.82) is 0 Å². The molecule has 0 aliphatic carbocycles. The van der Waals surface area contributed by atoms with Gasteiger partial charge in [-0.3, -0.25) is 4.79 Å². The van der Waals surface area contributed by atoms with Crippen LogP contribution in [0.5, 0.6) is 0 Å². The zero-order valence-electron chi connectivity index (χ0n) is 11.1. The summed E-state index contributed by atoms with van der Waals surface area (Å²) in [5.74, 6) is 0.423. The van der Waals surface area contributed by atoms with Crippen LogP contribution in [-0.4, -0.2) is 17.8 Å². The maximum absolute atomic E-state index is 11.8. The molecule has 0 aliphatic heterocycles. The van der Waals surface area contributed by atoms with Gasteiger partial charge < -0.3 is 5.32 Å². The molecule has 0 aromatic heterocycles. The highest BCUT2D eigenvalue weighted by Crippen LogP contribution is 2.17. The molecular weight excluding hydrogens is 222 g/mol. The van der Waals surface area contributed by atoms with Crippen LogP contribution in [0.2, 0.25) is 0 Å². The average Bonchev–Trinajstić information content (AvgIpc) is 2.24. The lowest BCUT2D eigenvalue weighted by molar-refractivity contribution is -0.129. The largest absolute Gasteiger partial charge is 0.353 e. The Kier molecular flexibility index (Phi) is 7.82. The van der Waals surface area contributed by atoms with Crippen molar-refractivity contribution in [2.24, 2.45) is 5.41 Å². The summed E-state index contributed by atoms with van der Waals surface area (Å²) >= 11 is 5.76. The van der Waals surface area contributed by atoms with Crippen LogP contribution in [0.25, 0.3) is 0 Å². The smallest absolute Gasteiger partial charge is 0.227 e. The first kappa shape index (κ1) is 15.8. The molecule has 0 heterocycles. The third kappa shape index (κ3) is 6.37. The van der Waals surface area contributed by atoms with Crippen molar-refractivity contribution in [2.75, 3.05) is 5.88 Å². The van der Waals surface area contributed by atoms with E-state index in [1.807, 2.05) is 13.8 Å². The van der Waals surface area contributed by atoms with E-state index in [0.717, 1.165) is 6.42 Å². The van der Waals surface area contributed by atoms with E-state index in [0.29, 0.717) is 5.88 Å². The Morgan fingerprint density at radius 1 is 1.31 bits per heavy atom. The fraction of sp³-hybridized carbons (Fsp3) is 0.923. The molecule has 0 fully saturated rings. The molecule has 0 aromatic carbocycles. The number of halogens is 1. The third-order valence-electron chi connectivity index (χ3n) is 2.82. The van der Waals surface area contributed by atoms with Crippen molar-refractivity contribution in [2.45, 2.75) is 65.8 Å². The van der Waals surface area contributed by atoms with Gasteiger partial charge in [-0.05, 0) is 27.2 Å². The summed E-state index contributed by atoms with van der Waals surface area (Å²) < 4.78 is 0. The highest BCUT2D eigenvalue weighted by molar-refractivity contribution is 6.19. The maximum atomic E-state index is 11.8. The molecule has 16 heavy (non-hydrogen) atoms. The van der Waals surface area contributed by atoms with Gasteiger partial charge in [0.05, 0.1) is 5.41 Å². The topological polar surface area (TPSA) is 29.1 Å². The van der Waals surface area contributed by atoms with Crippen LogP contribution in [-0.2, 0) is 4.79 Å². The fourth-order valence-electron chi connectivity index (χ4n) is 1.43. The second kappa shape index (κ2) is 7.94. The molecule has 1 atom stereocenters. The van der Waals surface area contributed by atoms with E-state index in [1.54, 1.807) is 0 Å². The molecule has 96 valence electrons. The number of amides is 1. The van der Waals surface area contributed by atoms with Crippen LogP contribution in [0, 0.1) is 5.41 Å². The van der Waals surface area contributed by atoms with E-state index in [1.165, 1.54) is 25.7 Å². The normalized spacial score (nSPS) is 13.6. The molecule has 0 rings (SSSR count). The highest BCUT2D eigenvalue weighted by atomic mass is 35.5. The summed E-state index contributed by atoms with van der Waals surface area (Å²) in [5.41, 5.74) is -0.459. The molecular formula is C13H26ClNO. The van der Waals surface area contributed by atoms with Crippen LogP contribution in [0.15, 0.2) is 0 Å². The van der Waals surface area contributed by atoms with Crippen molar-refractivity contribution in [1.82, 2.24) is 5.32 Å². The number of carbonyl (C=O) groups excluding carboxylic acids is 1. The SMILES string of the molecule is CCCCCCC(C)NC(=O)C(C)(C)CCl. The fourth-order valence-corrected chi connectivity index (χ4v) is 1.55. The van der Waals surface area contributed by atoms with Gasteiger partial charge in [0.2, 0.25) is 5.91 Å². The van der Waals surface area contributed by atoms with Gasteiger partial charge in [0.1, 0.15) is 0 Å². The van der Waals surface area contributed by atoms with Crippen molar-refractivity contribution in [3.8, 4) is 0 Å². The predicted octanol–water partition coefficient (Wildman–Crippen LogP) is 3.73. The van der Waals surface area contributed by atoms with Crippen LogP contribution in [0.4, 0.5) is 0 Å². The summed E-state index contributed by atoms with van der Waals surface area (Å²) in [5, 5.41) is 3.02. The van der Waals surface area contributed by atoms with Gasteiger partial charge in [0.25, 0.3) is 0 Å². The number of nitrogens with one attached hydrogen (secondary N) is 1. The van der Waals surface area contributed by atoms with Gasteiger partial charge >= 0.3 is 0 Å². The lowest BCUT2D eigenvalue weighted by Gasteiger charge is -2.23. The van der Waals surface area contributed by atoms with E-state index in [-0.39, 0.29) is 11.9 Å². The molecule has 0 aromatic rings.